The highest BCUT2D eigenvalue weighted by Gasteiger charge is 2.21. The Morgan fingerprint density at radius 1 is 1.20 bits per heavy atom. The number of fused-ring (bicyclic) bond motifs is 1. The zero-order valence-corrected chi connectivity index (χ0v) is 14.6. The van der Waals surface area contributed by atoms with Gasteiger partial charge in [-0.25, -0.2) is 4.39 Å². The van der Waals surface area contributed by atoms with Gasteiger partial charge in [-0.2, -0.15) is 0 Å². The highest BCUT2D eigenvalue weighted by Crippen LogP contribution is 2.33. The standard InChI is InChI=1S/C19H17ClFNO3/c1-24-17-8-12-6-7-22(11-14-15(20)4-3-5-16(14)21)19(23)10-13(12)9-18(17)25-2/h3-9H,10-11H2,1-2H3. The van der Waals surface area contributed by atoms with Crippen LogP contribution in [-0.4, -0.2) is 25.0 Å². The van der Waals surface area contributed by atoms with Crippen molar-refractivity contribution in [2.24, 2.45) is 0 Å². The van der Waals surface area contributed by atoms with Crippen molar-refractivity contribution in [2.45, 2.75) is 13.0 Å². The van der Waals surface area contributed by atoms with Crippen LogP contribution in [0.15, 0.2) is 36.5 Å². The van der Waals surface area contributed by atoms with E-state index >= 15 is 0 Å². The van der Waals surface area contributed by atoms with Gasteiger partial charge in [0.15, 0.2) is 11.5 Å². The molecule has 0 aromatic heterocycles. The molecular formula is C19H17ClFNO3. The molecule has 6 heteroatoms. The second-order valence-corrected chi connectivity index (χ2v) is 6.03. The summed E-state index contributed by atoms with van der Waals surface area (Å²) in [5.74, 6) is 0.567. The molecule has 0 saturated heterocycles. The summed E-state index contributed by atoms with van der Waals surface area (Å²) in [5.41, 5.74) is 1.97. The molecule has 130 valence electrons. The van der Waals surface area contributed by atoms with Crippen LogP contribution in [0.4, 0.5) is 4.39 Å². The number of hydrogen-bond donors (Lipinski definition) is 0. The minimum absolute atomic E-state index is 0.0725. The Morgan fingerprint density at radius 3 is 2.60 bits per heavy atom. The van der Waals surface area contributed by atoms with E-state index in [-0.39, 0.29) is 18.9 Å². The maximum atomic E-state index is 14.0. The minimum atomic E-state index is -0.432. The van der Waals surface area contributed by atoms with Gasteiger partial charge in [-0.15, -0.1) is 0 Å². The van der Waals surface area contributed by atoms with Crippen molar-refractivity contribution in [3.05, 3.63) is 64.1 Å². The molecule has 4 nitrogen and oxygen atoms in total. The fourth-order valence-corrected chi connectivity index (χ4v) is 2.98. The Morgan fingerprint density at radius 2 is 1.92 bits per heavy atom. The highest BCUT2D eigenvalue weighted by atomic mass is 35.5. The van der Waals surface area contributed by atoms with E-state index in [1.54, 1.807) is 38.6 Å². The molecule has 1 heterocycles. The van der Waals surface area contributed by atoms with Crippen LogP contribution in [-0.2, 0) is 17.8 Å². The van der Waals surface area contributed by atoms with Crippen LogP contribution < -0.4 is 9.47 Å². The lowest BCUT2D eigenvalue weighted by atomic mass is 10.0. The molecule has 0 atom stereocenters. The fourth-order valence-electron chi connectivity index (χ4n) is 2.76. The zero-order chi connectivity index (χ0) is 18.0. The largest absolute Gasteiger partial charge is 0.493 e. The summed E-state index contributed by atoms with van der Waals surface area (Å²) in [6.07, 6.45) is 3.62. The van der Waals surface area contributed by atoms with Gasteiger partial charge in [0.05, 0.1) is 27.2 Å². The van der Waals surface area contributed by atoms with Crippen molar-refractivity contribution < 1.29 is 18.7 Å². The lowest BCUT2D eigenvalue weighted by Gasteiger charge is -2.18. The average Bonchev–Trinajstić information content (AvgIpc) is 2.75. The Bertz CT molecular complexity index is 831. The van der Waals surface area contributed by atoms with E-state index in [0.717, 1.165) is 11.1 Å². The first-order valence-electron chi connectivity index (χ1n) is 7.69. The van der Waals surface area contributed by atoms with Crippen LogP contribution in [0.2, 0.25) is 5.02 Å². The topological polar surface area (TPSA) is 38.8 Å². The molecule has 0 bridgehead atoms. The summed E-state index contributed by atoms with van der Waals surface area (Å²) >= 11 is 6.07. The quantitative estimate of drug-likeness (QED) is 0.824. The van der Waals surface area contributed by atoms with Gasteiger partial charge in [0.25, 0.3) is 0 Å². The smallest absolute Gasteiger partial charge is 0.231 e. The summed E-state index contributed by atoms with van der Waals surface area (Å²) in [5, 5.41) is 0.297. The molecule has 1 aliphatic rings. The highest BCUT2D eigenvalue weighted by molar-refractivity contribution is 6.31. The number of benzene rings is 2. The van der Waals surface area contributed by atoms with Crippen molar-refractivity contribution in [3.8, 4) is 11.5 Å². The van der Waals surface area contributed by atoms with E-state index in [9.17, 15) is 9.18 Å². The molecule has 1 aliphatic heterocycles. The monoisotopic (exact) mass is 361 g/mol. The molecule has 0 fully saturated rings. The van der Waals surface area contributed by atoms with Gasteiger partial charge in [0, 0.05) is 16.8 Å². The van der Waals surface area contributed by atoms with E-state index in [0.29, 0.717) is 22.1 Å². The second kappa shape index (κ2) is 7.15. The van der Waals surface area contributed by atoms with Gasteiger partial charge >= 0.3 is 0 Å². The van der Waals surface area contributed by atoms with Crippen molar-refractivity contribution in [2.75, 3.05) is 14.2 Å². The van der Waals surface area contributed by atoms with Crippen LogP contribution >= 0.6 is 11.6 Å². The van der Waals surface area contributed by atoms with E-state index in [2.05, 4.69) is 0 Å². The lowest BCUT2D eigenvalue weighted by Crippen LogP contribution is -2.26. The predicted molar refractivity (Wildman–Crippen MR) is 94.2 cm³/mol. The Kier molecular flexibility index (Phi) is 4.95. The molecule has 25 heavy (non-hydrogen) atoms. The molecular weight excluding hydrogens is 345 g/mol. The number of carbonyl (C=O) groups is 1. The number of ether oxygens (including phenoxy) is 2. The van der Waals surface area contributed by atoms with Crippen molar-refractivity contribution in [1.82, 2.24) is 4.90 Å². The first-order chi connectivity index (χ1) is 12.0. The number of nitrogens with zero attached hydrogens (tertiary/aromatic N) is 1. The third-order valence-corrected chi connectivity index (χ3v) is 4.49. The number of rotatable bonds is 4. The molecule has 3 rings (SSSR count). The van der Waals surface area contributed by atoms with Gasteiger partial charge in [-0.05, 0) is 41.5 Å². The lowest BCUT2D eigenvalue weighted by molar-refractivity contribution is -0.128. The molecule has 0 radical (unpaired) electrons. The third kappa shape index (κ3) is 3.46. The van der Waals surface area contributed by atoms with Crippen LogP contribution in [0.1, 0.15) is 16.7 Å². The molecule has 0 aliphatic carbocycles. The Labute approximate surface area is 150 Å². The predicted octanol–water partition coefficient (Wildman–Crippen LogP) is 4.05. The Hall–Kier alpha value is -2.53. The molecule has 1 amide bonds. The zero-order valence-electron chi connectivity index (χ0n) is 13.9. The minimum Gasteiger partial charge on any atom is -0.493 e. The number of methoxy groups -OCH3 is 2. The van der Waals surface area contributed by atoms with Crippen molar-refractivity contribution in [3.63, 3.8) is 0 Å². The second-order valence-electron chi connectivity index (χ2n) is 5.62. The molecule has 0 unspecified atom stereocenters. The van der Waals surface area contributed by atoms with E-state index in [1.165, 1.54) is 17.0 Å². The maximum Gasteiger partial charge on any atom is 0.231 e. The van der Waals surface area contributed by atoms with Gasteiger partial charge < -0.3 is 14.4 Å². The summed E-state index contributed by atoms with van der Waals surface area (Å²) in [6.45, 7) is 0.0725. The fraction of sp³-hybridized carbons (Fsp3) is 0.211. The normalized spacial score (nSPS) is 13.4. The first kappa shape index (κ1) is 17.3. The van der Waals surface area contributed by atoms with E-state index < -0.39 is 5.82 Å². The van der Waals surface area contributed by atoms with Gasteiger partial charge in [0.2, 0.25) is 5.91 Å². The molecule has 0 spiro atoms. The van der Waals surface area contributed by atoms with Gasteiger partial charge in [-0.1, -0.05) is 17.7 Å². The molecule has 2 aromatic carbocycles. The number of hydrogen-bond acceptors (Lipinski definition) is 3. The van der Waals surface area contributed by atoms with Crippen LogP contribution in [0.25, 0.3) is 6.08 Å². The van der Waals surface area contributed by atoms with Crippen LogP contribution in [0.3, 0.4) is 0 Å². The van der Waals surface area contributed by atoms with Crippen molar-refractivity contribution >= 4 is 23.6 Å². The first-order valence-corrected chi connectivity index (χ1v) is 8.06. The van der Waals surface area contributed by atoms with Crippen molar-refractivity contribution in [1.29, 1.82) is 0 Å². The van der Waals surface area contributed by atoms with E-state index in [1.807, 2.05) is 6.07 Å². The van der Waals surface area contributed by atoms with Gasteiger partial charge in [0.1, 0.15) is 5.82 Å². The van der Waals surface area contributed by atoms with Gasteiger partial charge in [-0.3, -0.25) is 4.79 Å². The molecule has 0 saturated carbocycles. The number of amides is 1. The SMILES string of the molecule is COc1cc2c(cc1OC)CC(=O)N(Cc1c(F)cccc1Cl)C=C2. The summed E-state index contributed by atoms with van der Waals surface area (Å²) in [6, 6.07) is 8.08. The summed E-state index contributed by atoms with van der Waals surface area (Å²) in [4.78, 5) is 14.1. The summed E-state index contributed by atoms with van der Waals surface area (Å²) < 4.78 is 24.6. The van der Waals surface area contributed by atoms with Crippen LogP contribution in [0, 0.1) is 5.82 Å². The average molecular weight is 362 g/mol. The molecule has 2 aromatic rings. The number of carbonyl (C=O) groups excluding carboxylic acids is 1. The van der Waals surface area contributed by atoms with Crippen LogP contribution in [0.5, 0.6) is 11.5 Å². The maximum absolute atomic E-state index is 14.0. The Balaban J connectivity index is 1.92. The van der Waals surface area contributed by atoms with E-state index in [4.69, 9.17) is 21.1 Å². The third-order valence-electron chi connectivity index (χ3n) is 4.13. The molecule has 0 N–H and O–H groups in total. The number of halogens is 2. The summed E-state index contributed by atoms with van der Waals surface area (Å²) in [7, 11) is 3.10.